The highest BCUT2D eigenvalue weighted by molar-refractivity contribution is 8.03. The van der Waals surface area contributed by atoms with E-state index in [-0.39, 0.29) is 23.3 Å². The molecule has 1 aliphatic carbocycles. The van der Waals surface area contributed by atoms with Crippen LogP contribution in [-0.4, -0.2) is 71.1 Å². The lowest BCUT2D eigenvalue weighted by Crippen LogP contribution is -2.41. The number of rotatable bonds is 5. The molecule has 28 heavy (non-hydrogen) atoms. The first kappa shape index (κ1) is 20.5. The van der Waals surface area contributed by atoms with E-state index in [1.165, 1.54) is 29.3 Å². The monoisotopic (exact) mass is 404 g/mol. The number of nitrogens with one attached hydrogen (secondary N) is 1. The zero-order valence-corrected chi connectivity index (χ0v) is 17.6. The zero-order valence-electron chi connectivity index (χ0n) is 16.7. The maximum absolute atomic E-state index is 12.3. The van der Waals surface area contributed by atoms with Crippen LogP contribution in [0.15, 0.2) is 34.9 Å². The predicted octanol–water partition coefficient (Wildman–Crippen LogP) is 1.65. The third-order valence-electron chi connectivity index (χ3n) is 5.54. The normalized spacial score (nSPS) is 26.2. The molecule has 2 saturated heterocycles. The van der Waals surface area contributed by atoms with Gasteiger partial charge in [-0.15, -0.1) is 11.8 Å². The van der Waals surface area contributed by atoms with Gasteiger partial charge in [0.2, 0.25) is 5.91 Å². The van der Waals surface area contributed by atoms with E-state index in [0.29, 0.717) is 30.0 Å². The minimum atomic E-state index is -0.287. The second-order valence-corrected chi connectivity index (χ2v) is 8.74. The largest absolute Gasteiger partial charge is 0.360 e. The van der Waals surface area contributed by atoms with Crippen molar-refractivity contribution >= 4 is 29.5 Å². The summed E-state index contributed by atoms with van der Waals surface area (Å²) < 4.78 is 0. The van der Waals surface area contributed by atoms with E-state index >= 15 is 0 Å². The molecule has 0 radical (unpaired) electrons. The third kappa shape index (κ3) is 3.97. The fraction of sp³-hybridized carbons (Fsp3) is 0.550. The molecule has 2 heterocycles. The molecule has 3 fully saturated rings. The van der Waals surface area contributed by atoms with Gasteiger partial charge in [0.25, 0.3) is 11.8 Å². The van der Waals surface area contributed by atoms with Crippen LogP contribution in [-0.2, 0) is 14.4 Å². The van der Waals surface area contributed by atoms with Crippen LogP contribution in [0.4, 0.5) is 0 Å². The molecule has 0 aromatic carbocycles. The molecule has 7 nitrogen and oxygen atoms in total. The van der Waals surface area contributed by atoms with Gasteiger partial charge in [-0.25, -0.2) is 0 Å². The Balaban J connectivity index is 1.77. The van der Waals surface area contributed by atoms with Crippen molar-refractivity contribution in [2.24, 2.45) is 0 Å². The van der Waals surface area contributed by atoms with Crippen LogP contribution in [0.2, 0.25) is 0 Å². The zero-order chi connectivity index (χ0) is 20.4. The Morgan fingerprint density at radius 2 is 1.82 bits per heavy atom. The summed E-state index contributed by atoms with van der Waals surface area (Å²) >= 11 is 1.82. The standard InChI is InChI=1S/C20H28N4O3S/c1-13(2)18(25)21-11-12-24-15-7-5-6-8-16(15)28-17(24)10-9-14-19(26)22(3)23(4)20(14)27/h9-10,15-16H,1,5-8,11-12H2,2-4H3,(H,21,25). The second kappa shape index (κ2) is 8.43. The Morgan fingerprint density at radius 3 is 2.46 bits per heavy atom. The third-order valence-corrected chi connectivity index (χ3v) is 7.01. The van der Waals surface area contributed by atoms with Crippen molar-refractivity contribution in [2.45, 2.75) is 43.9 Å². The summed E-state index contributed by atoms with van der Waals surface area (Å²) in [7, 11) is 3.17. The maximum Gasteiger partial charge on any atom is 0.277 e. The Morgan fingerprint density at radius 1 is 1.18 bits per heavy atom. The molecule has 3 aliphatic rings. The molecule has 0 aromatic rings. The van der Waals surface area contributed by atoms with Crippen molar-refractivity contribution < 1.29 is 14.4 Å². The van der Waals surface area contributed by atoms with E-state index in [0.717, 1.165) is 11.4 Å². The van der Waals surface area contributed by atoms with Crippen LogP contribution >= 0.6 is 11.8 Å². The molecule has 2 atom stereocenters. The summed E-state index contributed by atoms with van der Waals surface area (Å²) in [4.78, 5) is 38.6. The molecule has 1 N–H and O–H groups in total. The van der Waals surface area contributed by atoms with Gasteiger partial charge in [-0.2, -0.15) is 0 Å². The lowest BCUT2D eigenvalue weighted by Gasteiger charge is -2.32. The summed E-state index contributed by atoms with van der Waals surface area (Å²) in [6.45, 7) is 6.59. The summed E-state index contributed by atoms with van der Waals surface area (Å²) in [6, 6.07) is 0.436. The number of fused-ring (bicyclic) bond motifs is 1. The number of hydrazine groups is 1. The summed E-state index contributed by atoms with van der Waals surface area (Å²) in [5.41, 5.74) is 0.682. The number of amides is 3. The van der Waals surface area contributed by atoms with Crippen molar-refractivity contribution in [1.29, 1.82) is 0 Å². The molecule has 3 amide bonds. The van der Waals surface area contributed by atoms with Crippen molar-refractivity contribution in [3.63, 3.8) is 0 Å². The highest BCUT2D eigenvalue weighted by Crippen LogP contribution is 2.45. The van der Waals surface area contributed by atoms with Crippen molar-refractivity contribution in [3.05, 3.63) is 34.9 Å². The molecule has 2 unspecified atom stereocenters. The minimum absolute atomic E-state index is 0.132. The van der Waals surface area contributed by atoms with Crippen molar-refractivity contribution in [2.75, 3.05) is 27.2 Å². The minimum Gasteiger partial charge on any atom is -0.360 e. The highest BCUT2D eigenvalue weighted by Gasteiger charge is 2.39. The second-order valence-electron chi connectivity index (χ2n) is 7.48. The van der Waals surface area contributed by atoms with Crippen LogP contribution in [0.1, 0.15) is 32.6 Å². The highest BCUT2D eigenvalue weighted by atomic mass is 32.2. The molecule has 1 saturated carbocycles. The first-order chi connectivity index (χ1) is 13.3. The molecule has 0 aromatic heterocycles. The Labute approximate surface area is 170 Å². The Hall–Kier alpha value is -2.22. The van der Waals surface area contributed by atoms with E-state index in [4.69, 9.17) is 0 Å². The number of hydrogen-bond donors (Lipinski definition) is 1. The van der Waals surface area contributed by atoms with E-state index in [9.17, 15) is 14.4 Å². The lowest BCUT2D eigenvalue weighted by molar-refractivity contribution is -0.141. The number of carbonyl (C=O) groups is 3. The quantitative estimate of drug-likeness (QED) is 0.557. The molecule has 8 heteroatoms. The number of nitrogens with zero attached hydrogens (tertiary/aromatic N) is 3. The van der Waals surface area contributed by atoms with Gasteiger partial charge in [0.05, 0.1) is 5.03 Å². The number of carbonyl (C=O) groups excluding carboxylic acids is 3. The van der Waals surface area contributed by atoms with Crippen LogP contribution in [0.25, 0.3) is 0 Å². The fourth-order valence-corrected chi connectivity index (χ4v) is 5.36. The molecular weight excluding hydrogens is 376 g/mol. The van der Waals surface area contributed by atoms with Gasteiger partial charge in [-0.3, -0.25) is 24.4 Å². The summed E-state index contributed by atoms with van der Waals surface area (Å²) in [5, 5.41) is 7.12. The van der Waals surface area contributed by atoms with Gasteiger partial charge in [0, 0.05) is 44.0 Å². The van der Waals surface area contributed by atoms with Gasteiger partial charge in [-0.05, 0) is 31.9 Å². The van der Waals surface area contributed by atoms with Gasteiger partial charge in [0.1, 0.15) is 5.57 Å². The van der Waals surface area contributed by atoms with Crippen LogP contribution < -0.4 is 5.32 Å². The number of thioether (sulfide) groups is 1. The fourth-order valence-electron chi connectivity index (χ4n) is 3.82. The topological polar surface area (TPSA) is 73.0 Å². The first-order valence-corrected chi connectivity index (χ1v) is 10.5. The van der Waals surface area contributed by atoms with Gasteiger partial charge >= 0.3 is 0 Å². The average Bonchev–Trinajstić information content (AvgIpc) is 3.11. The van der Waals surface area contributed by atoms with Gasteiger partial charge in [0.15, 0.2) is 0 Å². The lowest BCUT2D eigenvalue weighted by atomic mass is 9.94. The van der Waals surface area contributed by atoms with Crippen molar-refractivity contribution in [3.8, 4) is 0 Å². The Kier molecular flexibility index (Phi) is 6.17. The van der Waals surface area contributed by atoms with E-state index in [1.807, 2.05) is 17.8 Å². The molecule has 0 spiro atoms. The Bertz CT molecular complexity index is 739. The van der Waals surface area contributed by atoms with E-state index in [1.54, 1.807) is 27.1 Å². The number of hydrogen-bond acceptors (Lipinski definition) is 5. The smallest absolute Gasteiger partial charge is 0.277 e. The van der Waals surface area contributed by atoms with Crippen LogP contribution in [0, 0.1) is 0 Å². The average molecular weight is 405 g/mol. The SMILES string of the molecule is C=C(C)C(=O)NCCN1C(=CC=C2C(=O)N(C)N(C)C2=O)SC2CCCCC21. The summed E-state index contributed by atoms with van der Waals surface area (Å²) in [6.07, 6.45) is 8.27. The van der Waals surface area contributed by atoms with Crippen molar-refractivity contribution in [1.82, 2.24) is 20.2 Å². The van der Waals surface area contributed by atoms with Gasteiger partial charge < -0.3 is 10.2 Å². The molecule has 3 rings (SSSR count). The van der Waals surface area contributed by atoms with E-state index < -0.39 is 0 Å². The van der Waals surface area contributed by atoms with Crippen LogP contribution in [0.5, 0.6) is 0 Å². The summed E-state index contributed by atoms with van der Waals surface area (Å²) in [5.74, 6) is -0.706. The van der Waals surface area contributed by atoms with Crippen LogP contribution in [0.3, 0.4) is 0 Å². The maximum atomic E-state index is 12.3. The van der Waals surface area contributed by atoms with E-state index in [2.05, 4.69) is 16.8 Å². The molecule has 152 valence electrons. The number of likely N-dealkylation sites (N-methyl/N-ethyl adjacent to an activating group) is 2. The molecule has 2 aliphatic heterocycles. The van der Waals surface area contributed by atoms with Gasteiger partial charge in [-0.1, -0.05) is 19.4 Å². The molecular formula is C20H28N4O3S. The first-order valence-electron chi connectivity index (χ1n) is 9.66. The number of allylic oxidation sites excluding steroid dienone is 2. The predicted molar refractivity (Wildman–Crippen MR) is 110 cm³/mol. The molecule has 0 bridgehead atoms.